The van der Waals surface area contributed by atoms with E-state index in [-0.39, 0.29) is 12.4 Å². The molecule has 0 bridgehead atoms. The summed E-state index contributed by atoms with van der Waals surface area (Å²) < 4.78 is 4.93. The third kappa shape index (κ3) is 8.09. The molecule has 0 aliphatic rings. The van der Waals surface area contributed by atoms with E-state index < -0.39 is 5.97 Å². The first-order valence-electron chi connectivity index (χ1n) is 7.25. The minimum absolute atomic E-state index is 0.144. The Labute approximate surface area is 125 Å². The highest BCUT2D eigenvalue weighted by molar-refractivity contribution is 5.69. The molecule has 0 saturated carbocycles. The van der Waals surface area contributed by atoms with E-state index >= 15 is 0 Å². The van der Waals surface area contributed by atoms with Gasteiger partial charge in [-0.2, -0.15) is 0 Å². The van der Waals surface area contributed by atoms with E-state index in [2.05, 4.69) is 4.90 Å². The Morgan fingerprint density at radius 2 is 1.86 bits per heavy atom. The van der Waals surface area contributed by atoms with Crippen molar-refractivity contribution in [3.63, 3.8) is 0 Å². The molecular weight excluding hydrogens is 270 g/mol. The lowest BCUT2D eigenvalue weighted by molar-refractivity contribution is -0.143. The molecule has 0 unspecified atom stereocenters. The zero-order chi connectivity index (χ0) is 15.5. The Hall–Kier alpha value is -1.88. The largest absolute Gasteiger partial charge is 0.481 e. The Balaban J connectivity index is 2.48. The average molecular weight is 293 g/mol. The Kier molecular flexibility index (Phi) is 8.12. The van der Waals surface area contributed by atoms with Crippen LogP contribution in [0.2, 0.25) is 0 Å². The fraction of sp³-hybridized carbons (Fsp3) is 0.500. The van der Waals surface area contributed by atoms with Crippen LogP contribution in [-0.2, 0) is 20.9 Å². The third-order valence-corrected chi connectivity index (χ3v) is 3.05. The zero-order valence-corrected chi connectivity index (χ0v) is 12.5. The summed E-state index contributed by atoms with van der Waals surface area (Å²) in [6, 6.07) is 9.94. The van der Waals surface area contributed by atoms with E-state index in [0.29, 0.717) is 39.1 Å². The van der Waals surface area contributed by atoms with E-state index in [0.717, 1.165) is 5.56 Å². The number of rotatable bonds is 10. The lowest BCUT2D eigenvalue weighted by Gasteiger charge is -2.21. The van der Waals surface area contributed by atoms with Gasteiger partial charge in [-0.1, -0.05) is 30.3 Å². The van der Waals surface area contributed by atoms with Crippen LogP contribution in [0.4, 0.5) is 0 Å². The maximum absolute atomic E-state index is 11.4. The third-order valence-electron chi connectivity index (χ3n) is 3.05. The van der Waals surface area contributed by atoms with Crippen LogP contribution in [0.1, 0.15) is 31.7 Å². The molecule has 0 aliphatic heterocycles. The molecular formula is C16H23NO4. The number of carboxylic acids is 1. The predicted molar refractivity (Wildman–Crippen MR) is 79.8 cm³/mol. The number of ether oxygens (including phenoxy) is 1. The molecule has 0 amide bonds. The van der Waals surface area contributed by atoms with Crippen LogP contribution in [0.15, 0.2) is 30.3 Å². The Bertz CT molecular complexity index is 433. The van der Waals surface area contributed by atoms with Crippen LogP contribution in [0.3, 0.4) is 0 Å². The smallest absolute Gasteiger partial charge is 0.307 e. The Morgan fingerprint density at radius 1 is 1.14 bits per heavy atom. The number of carbonyl (C=O) groups excluding carboxylic acids is 1. The second-order valence-corrected chi connectivity index (χ2v) is 4.81. The quantitative estimate of drug-likeness (QED) is 0.670. The van der Waals surface area contributed by atoms with Gasteiger partial charge >= 0.3 is 11.9 Å². The summed E-state index contributed by atoms with van der Waals surface area (Å²) in [5.74, 6) is -1.01. The number of nitrogens with zero attached hydrogens (tertiary/aromatic N) is 1. The highest BCUT2D eigenvalue weighted by atomic mass is 16.5. The highest BCUT2D eigenvalue weighted by Gasteiger charge is 2.10. The molecule has 0 radical (unpaired) electrons. The number of carbonyl (C=O) groups is 2. The maximum atomic E-state index is 11.4. The molecule has 1 aromatic carbocycles. The number of benzene rings is 1. The second-order valence-electron chi connectivity index (χ2n) is 4.81. The van der Waals surface area contributed by atoms with Crippen molar-refractivity contribution in [1.82, 2.24) is 4.90 Å². The van der Waals surface area contributed by atoms with E-state index in [4.69, 9.17) is 9.84 Å². The summed E-state index contributed by atoms with van der Waals surface area (Å²) in [4.78, 5) is 24.1. The van der Waals surface area contributed by atoms with Crippen molar-refractivity contribution in [2.24, 2.45) is 0 Å². The summed E-state index contributed by atoms with van der Waals surface area (Å²) in [5, 5.41) is 8.71. The normalized spacial score (nSPS) is 10.6. The van der Waals surface area contributed by atoms with Crippen molar-refractivity contribution in [1.29, 1.82) is 0 Å². The highest BCUT2D eigenvalue weighted by Crippen LogP contribution is 2.07. The van der Waals surface area contributed by atoms with Crippen molar-refractivity contribution < 1.29 is 19.4 Å². The summed E-state index contributed by atoms with van der Waals surface area (Å²) in [7, 11) is 0. The molecule has 1 N–H and O–H groups in total. The van der Waals surface area contributed by atoms with Gasteiger partial charge < -0.3 is 9.84 Å². The fourth-order valence-electron chi connectivity index (χ4n) is 2.05. The van der Waals surface area contributed by atoms with Crippen molar-refractivity contribution >= 4 is 11.9 Å². The van der Waals surface area contributed by atoms with Gasteiger partial charge in [-0.05, 0) is 25.5 Å². The SMILES string of the molecule is CCOC(=O)CCN(CCCC(=O)O)Cc1ccccc1. The van der Waals surface area contributed by atoms with Gasteiger partial charge in [0, 0.05) is 19.5 Å². The molecule has 1 rings (SSSR count). The molecule has 0 aromatic heterocycles. The van der Waals surface area contributed by atoms with Crippen molar-refractivity contribution in [2.45, 2.75) is 32.7 Å². The van der Waals surface area contributed by atoms with Gasteiger partial charge in [0.2, 0.25) is 0 Å². The standard InChI is InChI=1S/C16H23NO4/c1-2-21-16(20)10-12-17(11-6-9-15(18)19)13-14-7-4-3-5-8-14/h3-5,7-8H,2,6,9-13H2,1H3,(H,18,19). The zero-order valence-electron chi connectivity index (χ0n) is 12.5. The number of esters is 1. The summed E-state index contributed by atoms with van der Waals surface area (Å²) in [5.41, 5.74) is 1.15. The van der Waals surface area contributed by atoms with Crippen LogP contribution < -0.4 is 0 Å². The monoisotopic (exact) mass is 293 g/mol. The maximum Gasteiger partial charge on any atom is 0.307 e. The van der Waals surface area contributed by atoms with Crippen LogP contribution in [0, 0.1) is 0 Å². The molecule has 1 aromatic rings. The van der Waals surface area contributed by atoms with E-state index in [1.807, 2.05) is 30.3 Å². The van der Waals surface area contributed by atoms with E-state index in [1.54, 1.807) is 6.92 Å². The van der Waals surface area contributed by atoms with Gasteiger partial charge in [-0.3, -0.25) is 14.5 Å². The molecule has 5 heteroatoms. The lowest BCUT2D eigenvalue weighted by Crippen LogP contribution is -2.28. The first-order chi connectivity index (χ1) is 10.1. The molecule has 0 atom stereocenters. The molecule has 5 nitrogen and oxygen atoms in total. The molecule has 0 fully saturated rings. The minimum atomic E-state index is -0.792. The van der Waals surface area contributed by atoms with Crippen molar-refractivity contribution in [3.8, 4) is 0 Å². The fourth-order valence-corrected chi connectivity index (χ4v) is 2.05. The van der Waals surface area contributed by atoms with Gasteiger partial charge in [0.1, 0.15) is 0 Å². The van der Waals surface area contributed by atoms with Gasteiger partial charge in [-0.25, -0.2) is 0 Å². The van der Waals surface area contributed by atoms with E-state index in [1.165, 1.54) is 0 Å². The first kappa shape index (κ1) is 17.2. The number of aliphatic carboxylic acids is 1. The Morgan fingerprint density at radius 3 is 2.48 bits per heavy atom. The van der Waals surface area contributed by atoms with E-state index in [9.17, 15) is 9.59 Å². The van der Waals surface area contributed by atoms with Crippen LogP contribution in [0.5, 0.6) is 0 Å². The predicted octanol–water partition coefficient (Wildman–Crippen LogP) is 2.31. The van der Waals surface area contributed by atoms with Crippen LogP contribution in [0.25, 0.3) is 0 Å². The van der Waals surface area contributed by atoms with Gasteiger partial charge in [-0.15, -0.1) is 0 Å². The van der Waals surface area contributed by atoms with Gasteiger partial charge in [0.15, 0.2) is 0 Å². The molecule has 0 heterocycles. The second kappa shape index (κ2) is 9.94. The molecule has 0 aliphatic carbocycles. The summed E-state index contributed by atoms with van der Waals surface area (Å²) >= 11 is 0. The first-order valence-corrected chi connectivity index (χ1v) is 7.25. The topological polar surface area (TPSA) is 66.8 Å². The number of carboxylic acid groups (broad SMARTS) is 1. The molecule has 21 heavy (non-hydrogen) atoms. The molecule has 116 valence electrons. The average Bonchev–Trinajstić information content (AvgIpc) is 2.45. The minimum Gasteiger partial charge on any atom is -0.481 e. The molecule has 0 spiro atoms. The van der Waals surface area contributed by atoms with Gasteiger partial charge in [0.25, 0.3) is 0 Å². The van der Waals surface area contributed by atoms with Crippen molar-refractivity contribution in [2.75, 3.05) is 19.7 Å². The molecule has 0 saturated heterocycles. The van der Waals surface area contributed by atoms with Crippen LogP contribution in [-0.4, -0.2) is 41.6 Å². The van der Waals surface area contributed by atoms with Crippen molar-refractivity contribution in [3.05, 3.63) is 35.9 Å². The number of hydrogen-bond donors (Lipinski definition) is 1. The van der Waals surface area contributed by atoms with Gasteiger partial charge in [0.05, 0.1) is 13.0 Å². The summed E-state index contributed by atoms with van der Waals surface area (Å²) in [6.45, 7) is 4.11. The lowest BCUT2D eigenvalue weighted by atomic mass is 10.2. The number of hydrogen-bond acceptors (Lipinski definition) is 4. The van der Waals surface area contributed by atoms with Crippen LogP contribution >= 0.6 is 0 Å². The summed E-state index contributed by atoms with van der Waals surface area (Å²) in [6.07, 6.45) is 1.05.